The van der Waals surface area contributed by atoms with E-state index >= 15 is 0 Å². The zero-order chi connectivity index (χ0) is 15.4. The lowest BCUT2D eigenvalue weighted by molar-refractivity contribution is -0.216. The normalized spacial score (nSPS) is 15.2. The summed E-state index contributed by atoms with van der Waals surface area (Å²) in [5.74, 6) is 0. The Morgan fingerprint density at radius 1 is 1.14 bits per heavy atom. The van der Waals surface area contributed by atoms with Crippen LogP contribution in [0.15, 0.2) is 30.3 Å². The molecule has 2 nitrogen and oxygen atoms in total. The molecule has 122 valence electrons. The fraction of sp³-hybridized carbons (Fsp3) is 0.600. The van der Waals surface area contributed by atoms with Crippen molar-refractivity contribution in [3.63, 3.8) is 0 Å². The molecule has 2 N–H and O–H groups in total. The van der Waals surface area contributed by atoms with Crippen LogP contribution in [0.1, 0.15) is 38.8 Å². The first-order chi connectivity index (χ1) is 9.17. The molecule has 0 unspecified atom stereocenters. The van der Waals surface area contributed by atoms with Crippen molar-refractivity contribution in [3.05, 3.63) is 35.9 Å². The van der Waals surface area contributed by atoms with Gasteiger partial charge in [-0.3, -0.25) is 0 Å². The van der Waals surface area contributed by atoms with Crippen LogP contribution in [0.5, 0.6) is 0 Å². The summed E-state index contributed by atoms with van der Waals surface area (Å²) in [4.78, 5) is 0. The van der Waals surface area contributed by atoms with Gasteiger partial charge in [0, 0.05) is 12.1 Å². The lowest BCUT2D eigenvalue weighted by Gasteiger charge is -2.32. The number of aliphatic hydroxyl groups excluding tert-OH is 1. The van der Waals surface area contributed by atoms with Crippen LogP contribution in [-0.2, 0) is 0 Å². The average molecular weight is 326 g/mol. The zero-order valence-corrected chi connectivity index (χ0v) is 13.3. The molecular formula is C15H23ClF3NO. The fourth-order valence-electron chi connectivity index (χ4n) is 2.10. The highest BCUT2D eigenvalue weighted by atomic mass is 35.5. The van der Waals surface area contributed by atoms with Gasteiger partial charge in [-0.05, 0) is 18.9 Å². The van der Waals surface area contributed by atoms with E-state index < -0.39 is 17.6 Å². The van der Waals surface area contributed by atoms with Gasteiger partial charge in [0.05, 0.1) is 12.0 Å². The van der Waals surface area contributed by atoms with E-state index in [-0.39, 0.29) is 31.5 Å². The minimum absolute atomic E-state index is 0. The standard InChI is InChI=1S/C15H22F3NO.ClH/c1-11(12-7-5-4-6-8-12)19-13(10-20)9-14(2,3)15(16,17)18;/h4-8,11,13,19-20H,9-10H2,1-3H3;1H/t11-,13-;/m1./s1. The molecule has 1 rings (SSSR count). The Labute approximate surface area is 130 Å². The predicted molar refractivity (Wildman–Crippen MR) is 80.6 cm³/mol. The van der Waals surface area contributed by atoms with Crippen LogP contribution in [0.3, 0.4) is 0 Å². The molecule has 1 aromatic carbocycles. The monoisotopic (exact) mass is 325 g/mol. The Bertz CT molecular complexity index is 409. The predicted octanol–water partition coefficient (Wildman–Crippen LogP) is 4.10. The van der Waals surface area contributed by atoms with E-state index in [1.807, 2.05) is 37.3 Å². The quantitative estimate of drug-likeness (QED) is 0.825. The Hall–Kier alpha value is -0.780. The molecule has 0 fully saturated rings. The SMILES string of the molecule is C[C@@H](N[C@@H](CO)CC(C)(C)C(F)(F)F)c1ccccc1.Cl. The maximum atomic E-state index is 12.9. The van der Waals surface area contributed by atoms with Crippen LogP contribution in [0.4, 0.5) is 13.2 Å². The van der Waals surface area contributed by atoms with E-state index in [9.17, 15) is 18.3 Å². The summed E-state index contributed by atoms with van der Waals surface area (Å²) < 4.78 is 38.6. The Balaban J connectivity index is 0.00000400. The third kappa shape index (κ3) is 5.85. The summed E-state index contributed by atoms with van der Waals surface area (Å²) in [6.07, 6.45) is -4.44. The molecule has 0 amide bonds. The summed E-state index contributed by atoms with van der Waals surface area (Å²) in [6, 6.07) is 8.73. The van der Waals surface area contributed by atoms with E-state index in [0.717, 1.165) is 19.4 Å². The summed E-state index contributed by atoms with van der Waals surface area (Å²) >= 11 is 0. The number of aliphatic hydroxyl groups is 1. The molecule has 0 heterocycles. The van der Waals surface area contributed by atoms with Gasteiger partial charge in [-0.2, -0.15) is 13.2 Å². The van der Waals surface area contributed by atoms with Crippen LogP contribution in [-0.4, -0.2) is 23.9 Å². The van der Waals surface area contributed by atoms with Gasteiger partial charge in [0.2, 0.25) is 0 Å². The molecule has 0 saturated carbocycles. The highest BCUT2D eigenvalue weighted by Gasteiger charge is 2.48. The lowest BCUT2D eigenvalue weighted by atomic mass is 9.85. The van der Waals surface area contributed by atoms with Crippen LogP contribution < -0.4 is 5.32 Å². The van der Waals surface area contributed by atoms with Crippen molar-refractivity contribution in [2.45, 2.75) is 45.5 Å². The number of hydrogen-bond acceptors (Lipinski definition) is 2. The van der Waals surface area contributed by atoms with Gasteiger partial charge in [-0.1, -0.05) is 44.2 Å². The summed E-state index contributed by atoms with van der Waals surface area (Å²) in [6.45, 7) is 3.87. The largest absolute Gasteiger partial charge is 0.395 e. The third-order valence-electron chi connectivity index (χ3n) is 3.53. The maximum Gasteiger partial charge on any atom is 0.394 e. The second kappa shape index (κ2) is 8.01. The molecule has 1 aromatic rings. The lowest BCUT2D eigenvalue weighted by Crippen LogP contribution is -2.43. The third-order valence-corrected chi connectivity index (χ3v) is 3.53. The number of halogens is 4. The van der Waals surface area contributed by atoms with Gasteiger partial charge in [-0.25, -0.2) is 0 Å². The molecule has 0 bridgehead atoms. The van der Waals surface area contributed by atoms with E-state index in [1.54, 1.807) is 0 Å². The van der Waals surface area contributed by atoms with Crippen molar-refractivity contribution in [2.24, 2.45) is 5.41 Å². The number of benzene rings is 1. The zero-order valence-electron chi connectivity index (χ0n) is 12.4. The molecule has 0 aliphatic heterocycles. The number of hydrogen-bond donors (Lipinski definition) is 2. The number of nitrogens with one attached hydrogen (secondary N) is 1. The van der Waals surface area contributed by atoms with Gasteiger partial charge < -0.3 is 10.4 Å². The van der Waals surface area contributed by atoms with Gasteiger partial charge in [0.15, 0.2) is 0 Å². The topological polar surface area (TPSA) is 32.3 Å². The van der Waals surface area contributed by atoms with E-state index in [4.69, 9.17) is 0 Å². The van der Waals surface area contributed by atoms with E-state index in [2.05, 4.69) is 5.32 Å². The minimum Gasteiger partial charge on any atom is -0.395 e. The van der Waals surface area contributed by atoms with Crippen molar-refractivity contribution < 1.29 is 18.3 Å². The highest BCUT2D eigenvalue weighted by molar-refractivity contribution is 5.85. The highest BCUT2D eigenvalue weighted by Crippen LogP contribution is 2.41. The first kappa shape index (κ1) is 20.2. The number of alkyl halides is 3. The number of rotatable bonds is 6. The van der Waals surface area contributed by atoms with Crippen LogP contribution in [0.2, 0.25) is 0 Å². The van der Waals surface area contributed by atoms with Crippen LogP contribution in [0.25, 0.3) is 0 Å². The summed E-state index contributed by atoms with van der Waals surface area (Å²) in [5, 5.41) is 12.4. The van der Waals surface area contributed by atoms with E-state index in [0.29, 0.717) is 0 Å². The van der Waals surface area contributed by atoms with E-state index in [1.165, 1.54) is 0 Å². The van der Waals surface area contributed by atoms with Gasteiger partial charge in [-0.15, -0.1) is 12.4 Å². The maximum absolute atomic E-state index is 12.9. The second-order valence-corrected chi connectivity index (χ2v) is 5.76. The van der Waals surface area contributed by atoms with Crippen LogP contribution in [0, 0.1) is 5.41 Å². The van der Waals surface area contributed by atoms with Gasteiger partial charge in [0.1, 0.15) is 0 Å². The molecule has 0 spiro atoms. The minimum atomic E-state index is -4.28. The molecule has 2 atom stereocenters. The Morgan fingerprint density at radius 3 is 2.10 bits per heavy atom. The van der Waals surface area contributed by atoms with Crippen molar-refractivity contribution in [1.82, 2.24) is 5.32 Å². The molecule has 6 heteroatoms. The molecule has 21 heavy (non-hydrogen) atoms. The fourth-order valence-corrected chi connectivity index (χ4v) is 2.10. The molecule has 0 radical (unpaired) electrons. The van der Waals surface area contributed by atoms with Crippen molar-refractivity contribution in [1.29, 1.82) is 0 Å². The molecule has 0 saturated heterocycles. The van der Waals surface area contributed by atoms with Crippen LogP contribution >= 0.6 is 12.4 Å². The first-order valence-electron chi connectivity index (χ1n) is 6.66. The Morgan fingerprint density at radius 2 is 1.67 bits per heavy atom. The molecule has 0 aliphatic carbocycles. The first-order valence-corrected chi connectivity index (χ1v) is 6.66. The second-order valence-electron chi connectivity index (χ2n) is 5.76. The summed E-state index contributed by atoms with van der Waals surface area (Å²) in [5.41, 5.74) is -0.847. The van der Waals surface area contributed by atoms with Gasteiger partial charge in [0.25, 0.3) is 0 Å². The molecular weight excluding hydrogens is 303 g/mol. The molecule has 0 aromatic heterocycles. The average Bonchev–Trinajstić information content (AvgIpc) is 2.37. The van der Waals surface area contributed by atoms with Crippen molar-refractivity contribution >= 4 is 12.4 Å². The Kier molecular flexibility index (Phi) is 7.71. The molecule has 0 aliphatic rings. The smallest absolute Gasteiger partial charge is 0.394 e. The van der Waals surface area contributed by atoms with Gasteiger partial charge >= 0.3 is 6.18 Å². The van der Waals surface area contributed by atoms with Crippen molar-refractivity contribution in [2.75, 3.05) is 6.61 Å². The summed E-state index contributed by atoms with van der Waals surface area (Å²) in [7, 11) is 0. The van der Waals surface area contributed by atoms with Crippen molar-refractivity contribution in [3.8, 4) is 0 Å².